The fraction of sp³-hybridized carbons (Fsp3) is 0.857. The van der Waals surface area contributed by atoms with E-state index in [0.29, 0.717) is 6.54 Å². The molecule has 0 aromatic carbocycles. The van der Waals surface area contributed by atoms with Crippen LogP contribution in [-0.4, -0.2) is 35.1 Å². The van der Waals surface area contributed by atoms with Crippen molar-refractivity contribution in [2.45, 2.75) is 12.8 Å². The molecule has 1 fully saturated rings. The van der Waals surface area contributed by atoms with Crippen molar-refractivity contribution in [3.63, 3.8) is 0 Å². The Balaban J connectivity index is 2.80. The normalized spacial score (nSPS) is 28.2. The summed E-state index contributed by atoms with van der Waals surface area (Å²) in [6.45, 7) is 2.22. The van der Waals surface area contributed by atoms with Gasteiger partial charge in [-0.15, -0.1) is 0 Å². The van der Waals surface area contributed by atoms with Crippen LogP contribution in [0.15, 0.2) is 0 Å². The molecule has 0 bridgehead atoms. The van der Waals surface area contributed by atoms with E-state index in [9.17, 15) is 13.6 Å². The van der Waals surface area contributed by atoms with E-state index in [2.05, 4.69) is 15.9 Å². The molecule has 0 aromatic rings. The first kappa shape index (κ1) is 9.89. The van der Waals surface area contributed by atoms with Gasteiger partial charge in [0.25, 0.3) is 5.91 Å². The van der Waals surface area contributed by atoms with Crippen molar-refractivity contribution >= 4 is 21.8 Å². The highest BCUT2D eigenvalue weighted by atomic mass is 79.9. The molecular weight excluding hydrogens is 232 g/mol. The molecule has 1 aliphatic rings. The Morgan fingerprint density at radius 1 is 1.75 bits per heavy atom. The summed E-state index contributed by atoms with van der Waals surface area (Å²) in [7, 11) is 0. The minimum atomic E-state index is -3.17. The van der Waals surface area contributed by atoms with Crippen molar-refractivity contribution < 1.29 is 13.6 Å². The number of rotatable bonds is 2. The molecule has 0 aliphatic carbocycles. The molecular formula is C7H10BrF2NO. The fourth-order valence-corrected chi connectivity index (χ4v) is 1.88. The third-order valence-electron chi connectivity index (χ3n) is 2.09. The Hall–Kier alpha value is -0.190. The molecule has 1 rings (SSSR count). The van der Waals surface area contributed by atoms with Crippen LogP contribution in [-0.2, 0) is 4.79 Å². The third-order valence-corrected chi connectivity index (χ3v) is 2.88. The summed E-state index contributed by atoms with van der Waals surface area (Å²) in [5.41, 5.74) is 0. The van der Waals surface area contributed by atoms with Crippen LogP contribution in [0.25, 0.3) is 0 Å². The summed E-state index contributed by atoms with van der Waals surface area (Å²) in [6, 6.07) is 0. The second kappa shape index (κ2) is 3.28. The Bertz CT molecular complexity index is 198. The van der Waals surface area contributed by atoms with Gasteiger partial charge in [-0.2, -0.15) is 8.78 Å². The highest BCUT2D eigenvalue weighted by Crippen LogP contribution is 2.35. The molecule has 12 heavy (non-hydrogen) atoms. The number of likely N-dealkylation sites (tertiary alicyclic amines) is 1. The molecule has 0 aromatic heterocycles. The lowest BCUT2D eigenvalue weighted by Crippen LogP contribution is -2.35. The van der Waals surface area contributed by atoms with Gasteiger partial charge in [0.05, 0.1) is 5.92 Å². The van der Waals surface area contributed by atoms with E-state index >= 15 is 0 Å². The maximum absolute atomic E-state index is 13.0. The first-order chi connectivity index (χ1) is 5.54. The zero-order valence-corrected chi connectivity index (χ0v) is 8.27. The molecule has 0 spiro atoms. The number of halogens is 3. The summed E-state index contributed by atoms with van der Waals surface area (Å²) < 4.78 is 26.0. The molecule has 0 unspecified atom stereocenters. The van der Waals surface area contributed by atoms with Crippen molar-refractivity contribution in [2.24, 2.45) is 5.92 Å². The SMILES string of the molecule is CCN1C[C@@H](CBr)C(F)(F)C1=O. The van der Waals surface area contributed by atoms with Crippen LogP contribution in [0.4, 0.5) is 8.78 Å². The van der Waals surface area contributed by atoms with Gasteiger partial charge in [0.1, 0.15) is 0 Å². The van der Waals surface area contributed by atoms with E-state index in [1.807, 2.05) is 0 Å². The topological polar surface area (TPSA) is 20.3 Å². The minimum Gasteiger partial charge on any atom is -0.337 e. The maximum atomic E-state index is 13.0. The molecule has 1 saturated heterocycles. The third kappa shape index (κ3) is 1.34. The number of hydrogen-bond acceptors (Lipinski definition) is 1. The average Bonchev–Trinajstić information content (AvgIpc) is 2.25. The van der Waals surface area contributed by atoms with Gasteiger partial charge in [-0.1, -0.05) is 15.9 Å². The van der Waals surface area contributed by atoms with E-state index in [1.54, 1.807) is 6.92 Å². The largest absolute Gasteiger partial charge is 0.337 e. The van der Waals surface area contributed by atoms with Crippen LogP contribution < -0.4 is 0 Å². The van der Waals surface area contributed by atoms with Crippen molar-refractivity contribution in [1.29, 1.82) is 0 Å². The van der Waals surface area contributed by atoms with Crippen LogP contribution >= 0.6 is 15.9 Å². The summed E-state index contributed by atoms with van der Waals surface area (Å²) in [4.78, 5) is 12.2. The first-order valence-corrected chi connectivity index (χ1v) is 4.89. The van der Waals surface area contributed by atoms with Crippen LogP contribution in [0.5, 0.6) is 0 Å². The van der Waals surface area contributed by atoms with Gasteiger partial charge in [-0.3, -0.25) is 4.79 Å². The van der Waals surface area contributed by atoms with Gasteiger partial charge in [-0.05, 0) is 6.92 Å². The predicted octanol–water partition coefficient (Wildman–Crippen LogP) is 1.49. The molecule has 5 heteroatoms. The zero-order chi connectivity index (χ0) is 9.35. The van der Waals surface area contributed by atoms with Crippen molar-refractivity contribution in [1.82, 2.24) is 4.90 Å². The number of alkyl halides is 3. The van der Waals surface area contributed by atoms with E-state index in [4.69, 9.17) is 0 Å². The highest BCUT2D eigenvalue weighted by Gasteiger charge is 2.54. The Morgan fingerprint density at radius 2 is 2.33 bits per heavy atom. The maximum Gasteiger partial charge on any atom is 0.330 e. The average molecular weight is 242 g/mol. The molecule has 1 aliphatic heterocycles. The molecule has 1 amide bonds. The van der Waals surface area contributed by atoms with Crippen molar-refractivity contribution in [3.05, 3.63) is 0 Å². The van der Waals surface area contributed by atoms with Crippen LogP contribution in [0.2, 0.25) is 0 Å². The number of nitrogens with zero attached hydrogens (tertiary/aromatic N) is 1. The molecule has 2 nitrogen and oxygen atoms in total. The Kier molecular flexibility index (Phi) is 2.70. The summed E-state index contributed by atoms with van der Waals surface area (Å²) in [6.07, 6.45) is 0. The monoisotopic (exact) mass is 241 g/mol. The smallest absolute Gasteiger partial charge is 0.330 e. The van der Waals surface area contributed by atoms with E-state index < -0.39 is 17.7 Å². The number of hydrogen-bond donors (Lipinski definition) is 0. The summed E-state index contributed by atoms with van der Waals surface area (Å²) in [5, 5.41) is 0.169. The quantitative estimate of drug-likeness (QED) is 0.672. The summed E-state index contributed by atoms with van der Waals surface area (Å²) in [5.74, 6) is -5.07. The second-order valence-electron chi connectivity index (χ2n) is 2.82. The standard InChI is InChI=1S/C7H10BrF2NO/c1-2-11-4-5(3-8)7(9,10)6(11)12/h5H,2-4H2,1H3/t5-/m1/s1. The summed E-state index contributed by atoms with van der Waals surface area (Å²) >= 11 is 2.98. The molecule has 1 atom stereocenters. The van der Waals surface area contributed by atoms with Gasteiger partial charge in [0.2, 0.25) is 0 Å². The van der Waals surface area contributed by atoms with Gasteiger partial charge in [0, 0.05) is 18.4 Å². The van der Waals surface area contributed by atoms with Crippen LogP contribution in [0.3, 0.4) is 0 Å². The van der Waals surface area contributed by atoms with E-state index in [1.165, 1.54) is 4.90 Å². The van der Waals surface area contributed by atoms with Crippen molar-refractivity contribution in [3.8, 4) is 0 Å². The first-order valence-electron chi connectivity index (χ1n) is 3.77. The number of amides is 1. The van der Waals surface area contributed by atoms with Crippen molar-refractivity contribution in [2.75, 3.05) is 18.4 Å². The second-order valence-corrected chi connectivity index (χ2v) is 3.47. The van der Waals surface area contributed by atoms with Gasteiger partial charge in [-0.25, -0.2) is 0 Å². The lowest BCUT2D eigenvalue weighted by molar-refractivity contribution is -0.150. The molecule has 70 valence electrons. The fourth-order valence-electron chi connectivity index (χ4n) is 1.27. The Labute approximate surface area is 78.0 Å². The van der Waals surface area contributed by atoms with Gasteiger partial charge >= 0.3 is 5.92 Å². The van der Waals surface area contributed by atoms with E-state index in [-0.39, 0.29) is 11.9 Å². The highest BCUT2D eigenvalue weighted by molar-refractivity contribution is 9.09. The van der Waals surface area contributed by atoms with Crippen LogP contribution in [0, 0.1) is 5.92 Å². The zero-order valence-electron chi connectivity index (χ0n) is 6.69. The van der Waals surface area contributed by atoms with E-state index in [0.717, 1.165) is 0 Å². The molecule has 1 heterocycles. The molecule has 0 radical (unpaired) electrons. The lowest BCUT2D eigenvalue weighted by atomic mass is 10.1. The van der Waals surface area contributed by atoms with Gasteiger partial charge < -0.3 is 4.90 Å². The molecule has 0 N–H and O–H groups in total. The predicted molar refractivity (Wildman–Crippen MR) is 44.5 cm³/mol. The molecule has 0 saturated carbocycles. The van der Waals surface area contributed by atoms with Gasteiger partial charge in [0.15, 0.2) is 0 Å². The Morgan fingerprint density at radius 3 is 2.58 bits per heavy atom. The minimum absolute atomic E-state index is 0.160. The number of carbonyl (C=O) groups excluding carboxylic acids is 1. The number of carbonyl (C=O) groups is 1. The lowest BCUT2D eigenvalue weighted by Gasteiger charge is -2.12. The van der Waals surface area contributed by atoms with Crippen LogP contribution in [0.1, 0.15) is 6.92 Å².